The summed E-state index contributed by atoms with van der Waals surface area (Å²) in [7, 11) is 0. The highest BCUT2D eigenvalue weighted by Gasteiger charge is 2.43. The lowest BCUT2D eigenvalue weighted by Gasteiger charge is -2.21. The third-order valence-electron chi connectivity index (χ3n) is 2.54. The van der Waals surface area contributed by atoms with Gasteiger partial charge in [-0.25, -0.2) is 9.18 Å². The van der Waals surface area contributed by atoms with Gasteiger partial charge in [-0.1, -0.05) is 17.7 Å². The minimum atomic E-state index is -1.20. The fourth-order valence-electron chi connectivity index (χ4n) is 1.55. The summed E-state index contributed by atoms with van der Waals surface area (Å²) >= 11 is 5.62. The van der Waals surface area contributed by atoms with Crippen LogP contribution in [0, 0.1) is 5.82 Å². The molecule has 0 spiro atoms. The zero-order chi connectivity index (χ0) is 11.9. The molecule has 1 aromatic carbocycles. The fraction of sp³-hybridized carbons (Fsp3) is 0.200. The van der Waals surface area contributed by atoms with Gasteiger partial charge in [0.2, 0.25) is 0 Å². The molecule has 6 heteroatoms. The molecule has 3 amide bonds. The summed E-state index contributed by atoms with van der Waals surface area (Å²) in [5.74, 6) is -1.06. The van der Waals surface area contributed by atoms with Gasteiger partial charge in [-0.05, 0) is 24.6 Å². The standard InChI is InChI=1S/C10H8ClFN2O2/c1-10(8(15)13-9(16)14-10)5-2-3-7(12)6(11)4-5/h2-4H,1H3,(H2,13,14,15,16)/t10-/m1/s1. The Kier molecular flexibility index (Phi) is 2.35. The van der Waals surface area contributed by atoms with Crippen molar-refractivity contribution in [2.75, 3.05) is 0 Å². The first-order valence-corrected chi connectivity index (χ1v) is 4.90. The van der Waals surface area contributed by atoms with E-state index in [0.29, 0.717) is 5.56 Å². The Bertz CT molecular complexity index is 492. The predicted octanol–water partition coefficient (Wildman–Crippen LogP) is 1.53. The van der Waals surface area contributed by atoms with E-state index in [0.717, 1.165) is 6.07 Å². The van der Waals surface area contributed by atoms with Crippen LogP contribution >= 0.6 is 11.6 Å². The Labute approximate surface area is 95.8 Å². The topological polar surface area (TPSA) is 58.2 Å². The minimum Gasteiger partial charge on any atom is -0.320 e. The zero-order valence-corrected chi connectivity index (χ0v) is 9.06. The van der Waals surface area contributed by atoms with Crippen LogP contribution in [-0.4, -0.2) is 11.9 Å². The molecule has 1 fully saturated rings. The molecule has 16 heavy (non-hydrogen) atoms. The molecule has 1 aliphatic rings. The van der Waals surface area contributed by atoms with Gasteiger partial charge in [0, 0.05) is 0 Å². The minimum absolute atomic E-state index is 0.0901. The molecule has 4 nitrogen and oxygen atoms in total. The van der Waals surface area contributed by atoms with Crippen LogP contribution in [0.5, 0.6) is 0 Å². The van der Waals surface area contributed by atoms with Crippen LogP contribution < -0.4 is 10.6 Å². The third kappa shape index (κ3) is 1.53. The van der Waals surface area contributed by atoms with Gasteiger partial charge >= 0.3 is 6.03 Å². The van der Waals surface area contributed by atoms with Crippen LogP contribution in [-0.2, 0) is 10.3 Å². The van der Waals surface area contributed by atoms with Crippen molar-refractivity contribution in [3.05, 3.63) is 34.6 Å². The summed E-state index contributed by atoms with van der Waals surface area (Å²) in [5.41, 5.74) is -0.767. The van der Waals surface area contributed by atoms with Gasteiger partial charge < -0.3 is 5.32 Å². The Hall–Kier alpha value is -1.62. The third-order valence-corrected chi connectivity index (χ3v) is 2.83. The average Bonchev–Trinajstić information content (AvgIpc) is 2.46. The second kappa shape index (κ2) is 3.45. The molecule has 2 N–H and O–H groups in total. The van der Waals surface area contributed by atoms with Crippen molar-refractivity contribution in [3.8, 4) is 0 Å². The maximum absolute atomic E-state index is 13.0. The van der Waals surface area contributed by atoms with Gasteiger partial charge in [0.1, 0.15) is 11.4 Å². The zero-order valence-electron chi connectivity index (χ0n) is 8.30. The van der Waals surface area contributed by atoms with Gasteiger partial charge in [0.05, 0.1) is 5.02 Å². The SMILES string of the molecule is C[C@]1(c2ccc(F)c(Cl)c2)NC(=O)NC1=O. The largest absolute Gasteiger partial charge is 0.322 e. The monoisotopic (exact) mass is 242 g/mol. The molecule has 0 unspecified atom stereocenters. The van der Waals surface area contributed by atoms with Crippen molar-refractivity contribution < 1.29 is 14.0 Å². The van der Waals surface area contributed by atoms with Crippen LogP contribution in [0.4, 0.5) is 9.18 Å². The second-order valence-corrected chi connectivity index (χ2v) is 4.07. The van der Waals surface area contributed by atoms with Crippen molar-refractivity contribution in [2.45, 2.75) is 12.5 Å². The molecule has 1 aromatic rings. The fourth-order valence-corrected chi connectivity index (χ4v) is 1.73. The van der Waals surface area contributed by atoms with Crippen LogP contribution in [0.1, 0.15) is 12.5 Å². The summed E-state index contributed by atoms with van der Waals surface area (Å²) < 4.78 is 13.0. The lowest BCUT2D eigenvalue weighted by Crippen LogP contribution is -2.40. The number of carbonyl (C=O) groups is 2. The van der Waals surface area contributed by atoms with E-state index in [9.17, 15) is 14.0 Å². The van der Waals surface area contributed by atoms with Gasteiger partial charge in [0.25, 0.3) is 5.91 Å². The van der Waals surface area contributed by atoms with Crippen molar-refractivity contribution in [1.82, 2.24) is 10.6 Å². The first kappa shape index (κ1) is 10.9. The molecule has 0 aromatic heterocycles. The van der Waals surface area contributed by atoms with Gasteiger partial charge in [-0.15, -0.1) is 0 Å². The Morgan fingerprint density at radius 1 is 1.38 bits per heavy atom. The molecule has 2 rings (SSSR count). The Morgan fingerprint density at radius 2 is 2.06 bits per heavy atom. The number of hydrogen-bond donors (Lipinski definition) is 2. The highest BCUT2D eigenvalue weighted by Crippen LogP contribution is 2.27. The molecule has 1 atom stereocenters. The summed E-state index contributed by atoms with van der Waals surface area (Å²) in [5, 5.41) is 4.49. The maximum atomic E-state index is 13.0. The molecule has 0 saturated carbocycles. The smallest absolute Gasteiger partial charge is 0.320 e. The lowest BCUT2D eigenvalue weighted by molar-refractivity contribution is -0.123. The van der Waals surface area contributed by atoms with Crippen molar-refractivity contribution in [1.29, 1.82) is 0 Å². The van der Waals surface area contributed by atoms with Crippen molar-refractivity contribution in [3.63, 3.8) is 0 Å². The average molecular weight is 243 g/mol. The molecule has 1 heterocycles. The van der Waals surface area contributed by atoms with Crippen LogP contribution in [0.25, 0.3) is 0 Å². The molecular weight excluding hydrogens is 235 g/mol. The van der Waals surface area contributed by atoms with Crippen molar-refractivity contribution >= 4 is 23.5 Å². The number of benzene rings is 1. The summed E-state index contributed by atoms with van der Waals surface area (Å²) in [4.78, 5) is 22.6. The summed E-state index contributed by atoms with van der Waals surface area (Å²) in [6.07, 6.45) is 0. The van der Waals surface area contributed by atoms with Gasteiger partial charge in [-0.2, -0.15) is 0 Å². The Balaban J connectivity index is 2.47. The molecule has 1 aliphatic heterocycles. The van der Waals surface area contributed by atoms with E-state index in [1.165, 1.54) is 19.1 Å². The van der Waals surface area contributed by atoms with E-state index >= 15 is 0 Å². The number of halogens is 2. The number of hydrogen-bond acceptors (Lipinski definition) is 2. The molecule has 0 radical (unpaired) electrons. The van der Waals surface area contributed by atoms with E-state index in [-0.39, 0.29) is 5.02 Å². The summed E-state index contributed by atoms with van der Waals surface area (Å²) in [6, 6.07) is 3.31. The Morgan fingerprint density at radius 3 is 2.56 bits per heavy atom. The van der Waals surface area contributed by atoms with Crippen LogP contribution in [0.15, 0.2) is 18.2 Å². The first-order valence-electron chi connectivity index (χ1n) is 4.52. The number of rotatable bonds is 1. The van der Waals surface area contributed by atoms with E-state index in [1.54, 1.807) is 0 Å². The van der Waals surface area contributed by atoms with Crippen molar-refractivity contribution in [2.24, 2.45) is 0 Å². The van der Waals surface area contributed by atoms with E-state index < -0.39 is 23.3 Å². The molecule has 1 saturated heterocycles. The van der Waals surface area contributed by atoms with Crippen LogP contribution in [0.3, 0.4) is 0 Å². The second-order valence-electron chi connectivity index (χ2n) is 3.66. The quantitative estimate of drug-likeness (QED) is 0.734. The normalized spacial score (nSPS) is 24.2. The van der Waals surface area contributed by atoms with Gasteiger partial charge in [-0.3, -0.25) is 10.1 Å². The molecular formula is C10H8ClFN2O2. The number of urea groups is 1. The van der Waals surface area contributed by atoms with Gasteiger partial charge in [0.15, 0.2) is 0 Å². The van der Waals surface area contributed by atoms with E-state index in [4.69, 9.17) is 11.6 Å². The number of amides is 3. The molecule has 0 bridgehead atoms. The highest BCUT2D eigenvalue weighted by atomic mass is 35.5. The number of nitrogens with one attached hydrogen (secondary N) is 2. The van der Waals surface area contributed by atoms with Crippen LogP contribution in [0.2, 0.25) is 5.02 Å². The molecule has 84 valence electrons. The number of imide groups is 1. The van der Waals surface area contributed by atoms with E-state index in [2.05, 4.69) is 10.6 Å². The first-order chi connectivity index (χ1) is 7.43. The summed E-state index contributed by atoms with van der Waals surface area (Å²) in [6.45, 7) is 1.52. The lowest BCUT2D eigenvalue weighted by atomic mass is 9.92. The van der Waals surface area contributed by atoms with E-state index in [1.807, 2.05) is 0 Å². The predicted molar refractivity (Wildman–Crippen MR) is 55.4 cm³/mol. The highest BCUT2D eigenvalue weighted by molar-refractivity contribution is 6.30. The maximum Gasteiger partial charge on any atom is 0.322 e. The molecule has 0 aliphatic carbocycles. The number of carbonyl (C=O) groups excluding carboxylic acids is 2.